The molecule has 2 aromatic carbocycles. The lowest BCUT2D eigenvalue weighted by Gasteiger charge is -2.23. The van der Waals surface area contributed by atoms with Crippen molar-refractivity contribution in [3.05, 3.63) is 87.1 Å². The molecule has 1 aliphatic heterocycles. The molecule has 10 heteroatoms. The van der Waals surface area contributed by atoms with Crippen molar-refractivity contribution in [1.82, 2.24) is 20.0 Å². The average Bonchev–Trinajstić information content (AvgIpc) is 3.55. The van der Waals surface area contributed by atoms with Gasteiger partial charge in [0, 0.05) is 29.2 Å². The Morgan fingerprint density at radius 1 is 1.13 bits per heavy atom. The van der Waals surface area contributed by atoms with Gasteiger partial charge < -0.3 is 10.2 Å². The third-order valence-electron chi connectivity index (χ3n) is 6.51. The lowest BCUT2D eigenvalue weighted by molar-refractivity contribution is -0.122. The Bertz CT molecular complexity index is 1450. The Labute approximate surface area is 241 Å². The average molecular weight is 580 g/mol. The fourth-order valence-corrected chi connectivity index (χ4v) is 6.60. The van der Waals surface area contributed by atoms with Crippen molar-refractivity contribution in [3.8, 4) is 16.9 Å². The van der Waals surface area contributed by atoms with Gasteiger partial charge in [-0.25, -0.2) is 4.68 Å². The minimum Gasteiger partial charge on any atom is -0.353 e. The molecule has 0 radical (unpaired) electrons. The van der Waals surface area contributed by atoms with Crippen LogP contribution in [0.4, 0.5) is 5.82 Å². The molecule has 0 saturated carbocycles. The Kier molecular flexibility index (Phi) is 8.42. The molecule has 0 aliphatic carbocycles. The van der Waals surface area contributed by atoms with Crippen molar-refractivity contribution >= 4 is 52.3 Å². The van der Waals surface area contributed by atoms with E-state index in [-0.39, 0.29) is 29.4 Å². The summed E-state index contributed by atoms with van der Waals surface area (Å²) in [6.07, 6.45) is 0. The first-order valence-electron chi connectivity index (χ1n) is 12.6. The number of hydrogen-bond donors (Lipinski definition) is 1. The predicted molar refractivity (Wildman–Crippen MR) is 161 cm³/mol. The molecule has 5 rings (SSSR count). The van der Waals surface area contributed by atoms with Gasteiger partial charge in [0.05, 0.1) is 22.4 Å². The molecule has 0 spiro atoms. The number of aromatic nitrogens is 2. The van der Waals surface area contributed by atoms with Gasteiger partial charge in [0.15, 0.2) is 0 Å². The minimum absolute atomic E-state index is 0.0895. The second kappa shape index (κ2) is 12.0. The number of fused-ring (bicyclic) bond motifs is 1. The molecule has 2 aromatic heterocycles. The number of aryl methyl sites for hydroxylation is 1. The molecule has 1 aliphatic rings. The van der Waals surface area contributed by atoms with Crippen LogP contribution in [0.5, 0.6) is 0 Å². The van der Waals surface area contributed by atoms with E-state index in [4.69, 9.17) is 16.7 Å². The molecule has 39 heavy (non-hydrogen) atoms. The van der Waals surface area contributed by atoms with Gasteiger partial charge in [-0.3, -0.25) is 14.5 Å². The third kappa shape index (κ3) is 6.06. The number of likely N-dealkylation sites (N-methyl/N-ethyl adjacent to an activating group) is 1. The number of thiophene rings is 1. The Hall–Kier alpha value is -3.11. The van der Waals surface area contributed by atoms with Crippen LogP contribution in [0.15, 0.2) is 65.4 Å². The van der Waals surface area contributed by atoms with E-state index in [0.717, 1.165) is 33.6 Å². The van der Waals surface area contributed by atoms with Crippen LogP contribution in [0.1, 0.15) is 21.9 Å². The Morgan fingerprint density at radius 2 is 1.87 bits per heavy atom. The van der Waals surface area contributed by atoms with Crippen LogP contribution in [0.25, 0.3) is 16.9 Å². The Balaban J connectivity index is 1.70. The summed E-state index contributed by atoms with van der Waals surface area (Å²) in [4.78, 5) is 30.4. The highest BCUT2D eigenvalue weighted by Crippen LogP contribution is 2.49. The quantitative estimate of drug-likeness (QED) is 0.302. The standard InChI is InChI=1S/C29H30ClN5O2S2/c1-19-4-10-23(11-5-19)35-29-26(27(32-35)20-6-8-22(30)9-7-20)28(21-12-15-38-17-21)39-18-25(37)34(29)16-24(36)31-13-14-33(2)3/h4-12,15,17,28H,13-14,16,18H2,1-3H3,(H,31,36)/t28-/m1/s1. The summed E-state index contributed by atoms with van der Waals surface area (Å²) in [6.45, 7) is 3.15. The number of nitrogens with zero attached hydrogens (tertiary/aromatic N) is 4. The van der Waals surface area contributed by atoms with Crippen LogP contribution in [0.3, 0.4) is 0 Å². The molecular formula is C29H30ClN5O2S2. The molecule has 2 amide bonds. The van der Waals surface area contributed by atoms with Crippen LogP contribution >= 0.6 is 34.7 Å². The first kappa shape index (κ1) is 27.5. The van der Waals surface area contributed by atoms with Crippen LogP contribution in [0.2, 0.25) is 5.02 Å². The van der Waals surface area contributed by atoms with Gasteiger partial charge in [0.25, 0.3) is 0 Å². The summed E-state index contributed by atoms with van der Waals surface area (Å²) >= 11 is 9.41. The topological polar surface area (TPSA) is 70.5 Å². The summed E-state index contributed by atoms with van der Waals surface area (Å²) in [6, 6.07) is 17.7. The van der Waals surface area contributed by atoms with Crippen LogP contribution in [0, 0.1) is 6.92 Å². The SMILES string of the molecule is Cc1ccc(-n2nc(-c3ccc(Cl)cc3)c3c2N(CC(=O)NCCN(C)C)C(=O)CS[C@@H]3c2ccsc2)cc1. The number of benzene rings is 2. The number of rotatable bonds is 8. The van der Waals surface area contributed by atoms with Gasteiger partial charge in [-0.05, 0) is 67.7 Å². The van der Waals surface area contributed by atoms with Gasteiger partial charge in [-0.1, -0.05) is 41.4 Å². The summed E-state index contributed by atoms with van der Waals surface area (Å²) in [5.41, 5.74) is 5.61. The summed E-state index contributed by atoms with van der Waals surface area (Å²) in [7, 11) is 3.91. The number of thioether (sulfide) groups is 1. The predicted octanol–water partition coefficient (Wildman–Crippen LogP) is 5.41. The smallest absolute Gasteiger partial charge is 0.240 e. The van der Waals surface area contributed by atoms with Crippen molar-refractivity contribution < 1.29 is 9.59 Å². The molecular weight excluding hydrogens is 550 g/mol. The fraction of sp³-hybridized carbons (Fsp3) is 0.276. The number of carbonyl (C=O) groups excluding carboxylic acids is 2. The van der Waals surface area contributed by atoms with Gasteiger partial charge in [0.1, 0.15) is 12.4 Å². The number of anilines is 1. The van der Waals surface area contributed by atoms with Crippen molar-refractivity contribution in [3.63, 3.8) is 0 Å². The molecule has 0 saturated heterocycles. The minimum atomic E-state index is -0.208. The first-order valence-corrected chi connectivity index (χ1v) is 15.0. The zero-order chi connectivity index (χ0) is 27.5. The Morgan fingerprint density at radius 3 is 2.54 bits per heavy atom. The molecule has 4 aromatic rings. The van der Waals surface area contributed by atoms with E-state index in [9.17, 15) is 9.59 Å². The van der Waals surface area contributed by atoms with E-state index < -0.39 is 0 Å². The van der Waals surface area contributed by atoms with Crippen molar-refractivity contribution in [2.45, 2.75) is 12.2 Å². The monoisotopic (exact) mass is 579 g/mol. The van der Waals surface area contributed by atoms with Crippen LogP contribution in [-0.2, 0) is 9.59 Å². The van der Waals surface area contributed by atoms with Crippen LogP contribution < -0.4 is 10.2 Å². The molecule has 7 nitrogen and oxygen atoms in total. The summed E-state index contributed by atoms with van der Waals surface area (Å²) in [5, 5.41) is 12.7. The second-order valence-electron chi connectivity index (χ2n) is 9.72. The van der Waals surface area contributed by atoms with Gasteiger partial charge in [-0.15, -0.1) is 11.8 Å². The maximum atomic E-state index is 13.7. The van der Waals surface area contributed by atoms with E-state index >= 15 is 0 Å². The number of carbonyl (C=O) groups is 2. The summed E-state index contributed by atoms with van der Waals surface area (Å²) < 4.78 is 1.81. The molecule has 0 bridgehead atoms. The van der Waals surface area contributed by atoms with Crippen molar-refractivity contribution in [2.24, 2.45) is 0 Å². The highest BCUT2D eigenvalue weighted by atomic mass is 35.5. The maximum Gasteiger partial charge on any atom is 0.240 e. The molecule has 0 fully saturated rings. The lowest BCUT2D eigenvalue weighted by Crippen LogP contribution is -2.43. The molecule has 202 valence electrons. The van der Waals surface area contributed by atoms with Gasteiger partial charge in [-0.2, -0.15) is 16.4 Å². The number of nitrogens with one attached hydrogen (secondary N) is 1. The summed E-state index contributed by atoms with van der Waals surface area (Å²) in [5.74, 6) is 0.531. The van der Waals surface area contributed by atoms with E-state index in [2.05, 4.69) is 16.8 Å². The van der Waals surface area contributed by atoms with Crippen LogP contribution in [-0.4, -0.2) is 66.0 Å². The second-order valence-corrected chi connectivity index (χ2v) is 12.0. The van der Waals surface area contributed by atoms with Crippen molar-refractivity contribution in [2.75, 3.05) is 44.4 Å². The largest absolute Gasteiger partial charge is 0.353 e. The van der Waals surface area contributed by atoms with E-state index in [1.54, 1.807) is 28.0 Å². The number of halogens is 1. The molecule has 3 heterocycles. The van der Waals surface area contributed by atoms with Gasteiger partial charge in [0.2, 0.25) is 11.8 Å². The normalized spacial score (nSPS) is 15.4. The lowest BCUT2D eigenvalue weighted by atomic mass is 10.0. The fourth-order valence-electron chi connectivity index (χ4n) is 4.51. The van der Waals surface area contributed by atoms with E-state index in [1.165, 1.54) is 0 Å². The molecule has 0 unspecified atom stereocenters. The van der Waals surface area contributed by atoms with E-state index in [1.807, 2.05) is 84.5 Å². The number of amides is 2. The van der Waals surface area contributed by atoms with Gasteiger partial charge >= 0.3 is 0 Å². The van der Waals surface area contributed by atoms with E-state index in [0.29, 0.717) is 23.9 Å². The zero-order valence-corrected chi connectivity index (χ0v) is 24.4. The maximum absolute atomic E-state index is 13.7. The van der Waals surface area contributed by atoms with Crippen molar-refractivity contribution in [1.29, 1.82) is 0 Å². The molecule has 1 atom stereocenters. The zero-order valence-electron chi connectivity index (χ0n) is 22.1. The first-order chi connectivity index (χ1) is 18.8. The highest BCUT2D eigenvalue weighted by molar-refractivity contribution is 8.00. The highest BCUT2D eigenvalue weighted by Gasteiger charge is 2.37. The third-order valence-corrected chi connectivity index (χ3v) is 8.72. The molecule has 1 N–H and O–H groups in total. The number of hydrogen-bond acceptors (Lipinski definition) is 6.